The zero-order valence-electron chi connectivity index (χ0n) is 23.2. The number of rotatable bonds is 10. The zero-order valence-corrected chi connectivity index (χ0v) is 23.2. The summed E-state index contributed by atoms with van der Waals surface area (Å²) >= 11 is 0. The van der Waals surface area contributed by atoms with Gasteiger partial charge in [-0.3, -0.25) is 15.2 Å². The zero-order chi connectivity index (χ0) is 26.6. The lowest BCUT2D eigenvalue weighted by Gasteiger charge is -2.42. The van der Waals surface area contributed by atoms with Crippen LogP contribution in [0.4, 0.5) is 11.4 Å². The topological polar surface area (TPSA) is 60.5 Å². The molecule has 37 heavy (non-hydrogen) atoms. The van der Waals surface area contributed by atoms with Crippen molar-refractivity contribution >= 4 is 17.3 Å². The molecule has 6 nitrogen and oxygen atoms in total. The van der Waals surface area contributed by atoms with Crippen LogP contribution in [0.15, 0.2) is 54.7 Å². The summed E-state index contributed by atoms with van der Waals surface area (Å²) in [4.78, 5) is 22.6. The molecule has 0 saturated carbocycles. The maximum atomic E-state index is 13.0. The third-order valence-electron chi connectivity index (χ3n) is 7.78. The van der Waals surface area contributed by atoms with E-state index in [2.05, 4.69) is 98.6 Å². The minimum absolute atomic E-state index is 0.158. The van der Waals surface area contributed by atoms with Gasteiger partial charge in [-0.05, 0) is 99.2 Å². The quantitative estimate of drug-likeness (QED) is 0.389. The summed E-state index contributed by atoms with van der Waals surface area (Å²) in [7, 11) is 0. The highest BCUT2D eigenvalue weighted by Gasteiger charge is 2.46. The molecule has 6 heteroatoms. The standard InChI is InChI=1S/C31H41N5O/c1-7-22-20-24(35(9-3)10-4)15-17-27(22)31(29-26(14-13-19-32-29)30(37)33-34-31)28-18-16-25(21-23(28)8-2)36(11-5)12-6/h13-21,34H,7-12H2,1-6H3,(H,33,37). The van der Waals surface area contributed by atoms with E-state index in [1.807, 2.05) is 12.1 Å². The average Bonchev–Trinajstić information content (AvgIpc) is 2.95. The Bertz CT molecular complexity index is 1180. The second kappa shape index (κ2) is 11.3. The van der Waals surface area contributed by atoms with E-state index in [1.165, 1.54) is 22.5 Å². The number of hydrogen-bond donors (Lipinski definition) is 2. The van der Waals surface area contributed by atoms with E-state index in [-0.39, 0.29) is 5.91 Å². The molecule has 1 aliphatic rings. The molecule has 1 amide bonds. The predicted molar refractivity (Wildman–Crippen MR) is 153 cm³/mol. The van der Waals surface area contributed by atoms with Crippen molar-refractivity contribution in [2.24, 2.45) is 0 Å². The Kier molecular flexibility index (Phi) is 8.18. The van der Waals surface area contributed by atoms with Crippen molar-refractivity contribution in [3.63, 3.8) is 0 Å². The van der Waals surface area contributed by atoms with Crippen molar-refractivity contribution in [1.29, 1.82) is 0 Å². The van der Waals surface area contributed by atoms with Crippen molar-refractivity contribution in [2.45, 2.75) is 59.9 Å². The highest BCUT2D eigenvalue weighted by atomic mass is 16.2. The van der Waals surface area contributed by atoms with Crippen LogP contribution in [-0.4, -0.2) is 37.1 Å². The molecule has 0 unspecified atom stereocenters. The monoisotopic (exact) mass is 499 g/mol. The summed E-state index contributed by atoms with van der Waals surface area (Å²) in [6.07, 6.45) is 3.52. The number of nitrogens with one attached hydrogen (secondary N) is 2. The van der Waals surface area contributed by atoms with Gasteiger partial charge in [-0.2, -0.15) is 0 Å². The molecular weight excluding hydrogens is 458 g/mol. The van der Waals surface area contributed by atoms with Crippen molar-refractivity contribution in [1.82, 2.24) is 15.8 Å². The van der Waals surface area contributed by atoms with Gasteiger partial charge in [-0.25, -0.2) is 5.43 Å². The number of nitrogens with zero attached hydrogens (tertiary/aromatic N) is 3. The number of hydrogen-bond acceptors (Lipinski definition) is 5. The molecule has 0 aliphatic carbocycles. The van der Waals surface area contributed by atoms with Gasteiger partial charge in [-0.1, -0.05) is 26.0 Å². The number of carbonyl (C=O) groups is 1. The Morgan fingerprint density at radius 2 is 1.27 bits per heavy atom. The summed E-state index contributed by atoms with van der Waals surface area (Å²) in [5.74, 6) is -0.158. The summed E-state index contributed by atoms with van der Waals surface area (Å²) in [5, 5.41) is 0. The number of fused-ring (bicyclic) bond motifs is 1. The van der Waals surface area contributed by atoms with Gasteiger partial charge in [0.05, 0.1) is 11.3 Å². The molecule has 0 saturated heterocycles. The van der Waals surface area contributed by atoms with Gasteiger partial charge in [0.15, 0.2) is 0 Å². The van der Waals surface area contributed by atoms with Gasteiger partial charge in [0, 0.05) is 43.8 Å². The first-order valence-corrected chi connectivity index (χ1v) is 13.8. The summed E-state index contributed by atoms with van der Waals surface area (Å²) in [6, 6.07) is 17.2. The molecule has 4 rings (SSSR count). The molecule has 1 aromatic heterocycles. The van der Waals surface area contributed by atoms with Gasteiger partial charge in [0.25, 0.3) is 5.91 Å². The molecule has 0 spiro atoms. The maximum Gasteiger partial charge on any atom is 0.267 e. The molecule has 1 aliphatic heterocycles. The first kappa shape index (κ1) is 26.7. The lowest BCUT2D eigenvalue weighted by molar-refractivity contribution is 0.0894. The molecule has 2 heterocycles. The Hall–Kier alpha value is -3.38. The minimum Gasteiger partial charge on any atom is -0.372 e. The number of anilines is 2. The van der Waals surface area contributed by atoms with E-state index >= 15 is 0 Å². The average molecular weight is 500 g/mol. The van der Waals surface area contributed by atoms with Crippen molar-refractivity contribution in [3.05, 3.63) is 88.2 Å². The second-order valence-corrected chi connectivity index (χ2v) is 9.46. The van der Waals surface area contributed by atoms with Crippen molar-refractivity contribution in [2.75, 3.05) is 36.0 Å². The van der Waals surface area contributed by atoms with Crippen LogP contribution < -0.4 is 20.7 Å². The van der Waals surface area contributed by atoms with E-state index in [4.69, 9.17) is 4.98 Å². The normalized spacial score (nSPS) is 14.2. The first-order valence-electron chi connectivity index (χ1n) is 13.8. The lowest BCUT2D eigenvalue weighted by Crippen LogP contribution is -2.59. The van der Waals surface area contributed by atoms with Gasteiger partial charge in [0.2, 0.25) is 0 Å². The fraction of sp³-hybridized carbons (Fsp3) is 0.419. The SMILES string of the molecule is CCc1cc(N(CC)CC)ccc1C1(c2ccc(N(CC)CC)cc2CC)NNC(=O)c2cccnc21. The Morgan fingerprint density at radius 3 is 1.73 bits per heavy atom. The highest BCUT2D eigenvalue weighted by molar-refractivity contribution is 5.97. The largest absolute Gasteiger partial charge is 0.372 e. The smallest absolute Gasteiger partial charge is 0.267 e. The molecular formula is C31H41N5O. The number of benzene rings is 2. The Balaban J connectivity index is 2.04. The first-order chi connectivity index (χ1) is 18.0. The summed E-state index contributed by atoms with van der Waals surface area (Å²) in [6.45, 7) is 17.0. The molecule has 3 aromatic rings. The molecule has 2 aromatic carbocycles. The van der Waals surface area contributed by atoms with Crippen LogP contribution in [0.1, 0.15) is 79.8 Å². The lowest BCUT2D eigenvalue weighted by atomic mass is 9.73. The van der Waals surface area contributed by atoms with Crippen molar-refractivity contribution in [3.8, 4) is 0 Å². The molecule has 2 N–H and O–H groups in total. The van der Waals surface area contributed by atoms with Gasteiger partial charge in [-0.15, -0.1) is 0 Å². The van der Waals surface area contributed by atoms with Crippen LogP contribution in [-0.2, 0) is 18.4 Å². The van der Waals surface area contributed by atoms with E-state index in [9.17, 15) is 4.79 Å². The predicted octanol–water partition coefficient (Wildman–Crippen LogP) is 5.44. The molecule has 0 atom stereocenters. The minimum atomic E-state index is -0.815. The Morgan fingerprint density at radius 1 is 0.757 bits per heavy atom. The molecule has 0 radical (unpaired) electrons. The van der Waals surface area contributed by atoms with Crippen LogP contribution in [0, 0.1) is 0 Å². The second-order valence-electron chi connectivity index (χ2n) is 9.46. The van der Waals surface area contributed by atoms with E-state index in [0.717, 1.165) is 55.8 Å². The van der Waals surface area contributed by atoms with Gasteiger partial charge >= 0.3 is 0 Å². The summed E-state index contributed by atoms with van der Waals surface area (Å²) < 4.78 is 0. The highest BCUT2D eigenvalue weighted by Crippen LogP contribution is 2.43. The third-order valence-corrected chi connectivity index (χ3v) is 7.78. The molecule has 0 bridgehead atoms. The number of aromatic nitrogens is 1. The van der Waals surface area contributed by atoms with Crippen LogP contribution in [0.25, 0.3) is 0 Å². The summed E-state index contributed by atoms with van der Waals surface area (Å²) in [5.41, 5.74) is 14.2. The number of aryl methyl sites for hydroxylation is 2. The van der Waals surface area contributed by atoms with Gasteiger partial charge in [0.1, 0.15) is 5.54 Å². The van der Waals surface area contributed by atoms with Crippen LogP contribution in [0.5, 0.6) is 0 Å². The molecule has 0 fully saturated rings. The fourth-order valence-corrected chi connectivity index (χ4v) is 5.75. The number of hydrazine groups is 1. The van der Waals surface area contributed by atoms with E-state index < -0.39 is 5.54 Å². The van der Waals surface area contributed by atoms with Crippen molar-refractivity contribution < 1.29 is 4.79 Å². The van der Waals surface area contributed by atoms with E-state index in [1.54, 1.807) is 6.20 Å². The van der Waals surface area contributed by atoms with Crippen LogP contribution in [0.3, 0.4) is 0 Å². The molecule has 196 valence electrons. The Labute approximate surface area is 222 Å². The van der Waals surface area contributed by atoms with Gasteiger partial charge < -0.3 is 9.80 Å². The number of pyridine rings is 1. The number of carbonyl (C=O) groups excluding carboxylic acids is 1. The van der Waals surface area contributed by atoms with Crippen LogP contribution >= 0.6 is 0 Å². The maximum absolute atomic E-state index is 13.0. The fourth-order valence-electron chi connectivity index (χ4n) is 5.75. The van der Waals surface area contributed by atoms with Crippen LogP contribution in [0.2, 0.25) is 0 Å². The third kappa shape index (κ3) is 4.59. The van der Waals surface area contributed by atoms with E-state index in [0.29, 0.717) is 5.56 Å². The number of amides is 1.